The van der Waals surface area contributed by atoms with Crippen molar-refractivity contribution in [3.05, 3.63) is 70.8 Å². The lowest BCUT2D eigenvalue weighted by Gasteiger charge is -2.18. The van der Waals surface area contributed by atoms with Gasteiger partial charge in [0, 0.05) is 0 Å². The third kappa shape index (κ3) is 3.85. The van der Waals surface area contributed by atoms with Crippen molar-refractivity contribution in [2.75, 3.05) is 0 Å². The summed E-state index contributed by atoms with van der Waals surface area (Å²) in [5.41, 5.74) is 4.36. The molecule has 0 aromatic heterocycles. The summed E-state index contributed by atoms with van der Waals surface area (Å²) in [6, 6.07) is 15.6. The molecule has 0 aliphatic carbocycles. The zero-order chi connectivity index (χ0) is 16.3. The Kier molecular flexibility index (Phi) is 4.51. The van der Waals surface area contributed by atoms with Gasteiger partial charge in [-0.3, -0.25) is 0 Å². The third-order valence-corrected chi connectivity index (χ3v) is 3.68. The van der Waals surface area contributed by atoms with Crippen LogP contribution in [0.15, 0.2) is 48.5 Å². The second-order valence-electron chi connectivity index (χ2n) is 6.60. The van der Waals surface area contributed by atoms with Gasteiger partial charge in [-0.05, 0) is 35.1 Å². The van der Waals surface area contributed by atoms with Gasteiger partial charge in [0.2, 0.25) is 0 Å². The van der Waals surface area contributed by atoms with Gasteiger partial charge < -0.3 is 5.11 Å². The number of aryl methyl sites for hydroxylation is 1. The molecule has 0 unspecified atom stereocenters. The topological polar surface area (TPSA) is 37.3 Å². The Labute approximate surface area is 132 Å². The van der Waals surface area contributed by atoms with Crippen LogP contribution in [-0.4, -0.2) is 11.1 Å². The lowest BCUT2D eigenvalue weighted by atomic mass is 9.86. The van der Waals surface area contributed by atoms with E-state index in [1.54, 1.807) is 6.08 Å². The fourth-order valence-corrected chi connectivity index (χ4v) is 2.25. The molecule has 0 aliphatic rings. The summed E-state index contributed by atoms with van der Waals surface area (Å²) in [4.78, 5) is 11.5. The minimum atomic E-state index is -0.913. The van der Waals surface area contributed by atoms with E-state index in [0.29, 0.717) is 5.57 Å². The van der Waals surface area contributed by atoms with E-state index >= 15 is 0 Å². The van der Waals surface area contributed by atoms with E-state index in [0.717, 1.165) is 16.7 Å². The minimum absolute atomic E-state index is 0.0921. The Morgan fingerprint density at radius 1 is 0.955 bits per heavy atom. The predicted molar refractivity (Wildman–Crippen MR) is 91.8 cm³/mol. The van der Waals surface area contributed by atoms with Gasteiger partial charge in [-0.1, -0.05) is 74.9 Å². The largest absolute Gasteiger partial charge is 0.478 e. The highest BCUT2D eigenvalue weighted by atomic mass is 16.4. The number of carbonyl (C=O) groups is 1. The first-order chi connectivity index (χ1) is 10.3. The van der Waals surface area contributed by atoms with Gasteiger partial charge in [-0.25, -0.2) is 4.79 Å². The summed E-state index contributed by atoms with van der Waals surface area (Å²) in [5.74, 6) is -0.913. The number of benzene rings is 2. The highest BCUT2D eigenvalue weighted by molar-refractivity contribution is 6.20. The molecule has 0 amide bonds. The zero-order valence-electron chi connectivity index (χ0n) is 13.6. The molecule has 0 saturated carbocycles. The molecule has 0 radical (unpaired) electrons. The molecule has 0 bridgehead atoms. The summed E-state index contributed by atoms with van der Waals surface area (Å²) in [6.07, 6.45) is 1.72. The molecule has 2 aromatic carbocycles. The normalized spacial score (nSPS) is 12.3. The van der Waals surface area contributed by atoms with E-state index in [4.69, 9.17) is 0 Å². The maximum absolute atomic E-state index is 11.5. The maximum Gasteiger partial charge on any atom is 0.336 e. The van der Waals surface area contributed by atoms with Crippen LogP contribution in [0, 0.1) is 6.92 Å². The van der Waals surface area contributed by atoms with Crippen molar-refractivity contribution in [1.29, 1.82) is 0 Å². The zero-order valence-corrected chi connectivity index (χ0v) is 13.6. The Balaban J connectivity index is 2.38. The predicted octanol–water partition coefficient (Wildman–Crippen LogP) is 4.92. The number of aliphatic carboxylic acids is 1. The van der Waals surface area contributed by atoms with Crippen molar-refractivity contribution in [3.63, 3.8) is 0 Å². The molecular formula is C20H22O2. The first-order valence-corrected chi connectivity index (χ1v) is 7.40. The van der Waals surface area contributed by atoms with E-state index in [1.165, 1.54) is 5.56 Å². The fraction of sp³-hybridized carbons (Fsp3) is 0.250. The standard InChI is InChI=1S/C20H22O2/c1-14-5-9-16(10-6-14)18(19(21)22)13-15-7-11-17(12-8-15)20(2,3)4/h5-13H,1-4H3,(H,21,22)/b18-13+. The van der Waals surface area contributed by atoms with Crippen molar-refractivity contribution in [2.45, 2.75) is 33.1 Å². The van der Waals surface area contributed by atoms with Gasteiger partial charge in [-0.2, -0.15) is 0 Å². The second kappa shape index (κ2) is 6.18. The molecule has 2 heteroatoms. The average molecular weight is 294 g/mol. The highest BCUT2D eigenvalue weighted by Gasteiger charge is 2.13. The van der Waals surface area contributed by atoms with E-state index in [9.17, 15) is 9.90 Å². The fourth-order valence-electron chi connectivity index (χ4n) is 2.25. The summed E-state index contributed by atoms with van der Waals surface area (Å²) in [6.45, 7) is 8.46. The van der Waals surface area contributed by atoms with E-state index in [-0.39, 0.29) is 5.41 Å². The van der Waals surface area contributed by atoms with Gasteiger partial charge in [0.05, 0.1) is 5.57 Å². The Morgan fingerprint density at radius 3 is 1.95 bits per heavy atom. The van der Waals surface area contributed by atoms with Crippen LogP contribution in [0.4, 0.5) is 0 Å². The summed E-state index contributed by atoms with van der Waals surface area (Å²) >= 11 is 0. The molecule has 0 heterocycles. The van der Waals surface area contributed by atoms with E-state index in [1.807, 2.05) is 43.3 Å². The first-order valence-electron chi connectivity index (χ1n) is 7.40. The Bertz CT molecular complexity index is 684. The molecule has 0 saturated heterocycles. The molecule has 1 N–H and O–H groups in total. The molecule has 114 valence electrons. The van der Waals surface area contributed by atoms with Gasteiger partial charge in [0.15, 0.2) is 0 Å². The minimum Gasteiger partial charge on any atom is -0.478 e. The van der Waals surface area contributed by atoms with Crippen LogP contribution in [0.5, 0.6) is 0 Å². The Morgan fingerprint density at radius 2 is 1.50 bits per heavy atom. The first kappa shape index (κ1) is 16.0. The molecule has 2 aromatic rings. The summed E-state index contributed by atoms with van der Waals surface area (Å²) in [5, 5.41) is 9.47. The quantitative estimate of drug-likeness (QED) is 0.644. The van der Waals surface area contributed by atoms with Crippen molar-refractivity contribution < 1.29 is 9.90 Å². The molecule has 2 rings (SSSR count). The van der Waals surface area contributed by atoms with Crippen LogP contribution in [0.1, 0.15) is 43.0 Å². The molecule has 0 aliphatic heterocycles. The molecular weight excluding hydrogens is 272 g/mol. The van der Waals surface area contributed by atoms with E-state index in [2.05, 4.69) is 32.9 Å². The molecule has 2 nitrogen and oxygen atoms in total. The molecule has 0 atom stereocenters. The summed E-state index contributed by atoms with van der Waals surface area (Å²) in [7, 11) is 0. The highest BCUT2D eigenvalue weighted by Crippen LogP contribution is 2.24. The molecule has 22 heavy (non-hydrogen) atoms. The van der Waals surface area contributed by atoms with Gasteiger partial charge in [-0.15, -0.1) is 0 Å². The second-order valence-corrected chi connectivity index (χ2v) is 6.60. The van der Waals surface area contributed by atoms with Crippen molar-refractivity contribution in [2.24, 2.45) is 0 Å². The lowest BCUT2D eigenvalue weighted by molar-refractivity contribution is -0.130. The van der Waals surface area contributed by atoms with Crippen LogP contribution in [0.3, 0.4) is 0 Å². The Hall–Kier alpha value is -2.35. The number of carboxylic acid groups (broad SMARTS) is 1. The van der Waals surface area contributed by atoms with Crippen molar-refractivity contribution in [3.8, 4) is 0 Å². The monoisotopic (exact) mass is 294 g/mol. The summed E-state index contributed by atoms with van der Waals surface area (Å²) < 4.78 is 0. The van der Waals surface area contributed by atoms with Crippen LogP contribution >= 0.6 is 0 Å². The number of rotatable bonds is 3. The van der Waals surface area contributed by atoms with Crippen molar-refractivity contribution in [1.82, 2.24) is 0 Å². The van der Waals surface area contributed by atoms with Crippen molar-refractivity contribution >= 4 is 17.6 Å². The smallest absolute Gasteiger partial charge is 0.336 e. The molecule has 0 spiro atoms. The molecule has 0 fully saturated rings. The number of hydrogen-bond acceptors (Lipinski definition) is 1. The van der Waals surface area contributed by atoms with E-state index < -0.39 is 5.97 Å². The number of carboxylic acids is 1. The number of hydrogen-bond donors (Lipinski definition) is 1. The van der Waals surface area contributed by atoms with Crippen LogP contribution in [0.25, 0.3) is 11.6 Å². The lowest BCUT2D eigenvalue weighted by Crippen LogP contribution is -2.10. The third-order valence-electron chi connectivity index (χ3n) is 3.68. The van der Waals surface area contributed by atoms with Crippen LogP contribution in [-0.2, 0) is 10.2 Å². The van der Waals surface area contributed by atoms with Gasteiger partial charge in [0.1, 0.15) is 0 Å². The maximum atomic E-state index is 11.5. The van der Waals surface area contributed by atoms with Gasteiger partial charge in [0.25, 0.3) is 0 Å². The van der Waals surface area contributed by atoms with Crippen LogP contribution < -0.4 is 0 Å². The average Bonchev–Trinajstić information content (AvgIpc) is 2.45. The van der Waals surface area contributed by atoms with Gasteiger partial charge >= 0.3 is 5.97 Å². The SMILES string of the molecule is Cc1ccc(/C(=C\c2ccc(C(C)(C)C)cc2)C(=O)O)cc1. The van der Waals surface area contributed by atoms with Crippen LogP contribution in [0.2, 0.25) is 0 Å².